The van der Waals surface area contributed by atoms with Gasteiger partial charge in [-0.15, -0.1) is 0 Å². The van der Waals surface area contributed by atoms with Crippen molar-refractivity contribution in [1.29, 1.82) is 0 Å². The summed E-state index contributed by atoms with van der Waals surface area (Å²) in [4.78, 5) is 86.6. The number of rotatable bonds is 18. The van der Waals surface area contributed by atoms with E-state index in [1.165, 1.54) is 17.1 Å². The van der Waals surface area contributed by atoms with Crippen molar-refractivity contribution in [3.63, 3.8) is 0 Å². The normalized spacial score (nSPS) is 23.2. The molecule has 2 amide bonds. The summed E-state index contributed by atoms with van der Waals surface area (Å²) in [7, 11) is -4.60. The van der Waals surface area contributed by atoms with Gasteiger partial charge in [-0.2, -0.15) is 0 Å². The number of H-pyrrole nitrogens is 1. The fraction of sp³-hybridized carbons (Fsp3) is 0.673. The predicted molar refractivity (Wildman–Crippen MR) is 301 cm³/mol. The number of benzene rings is 1. The molecule has 0 radical (unpaired) electrons. The van der Waals surface area contributed by atoms with Gasteiger partial charge in [-0.3, -0.25) is 28.6 Å². The molecule has 6 heterocycles. The summed E-state index contributed by atoms with van der Waals surface area (Å²) in [6.07, 6.45) is -0.865. The molecule has 0 unspecified atom stereocenters. The van der Waals surface area contributed by atoms with Crippen LogP contribution in [0.15, 0.2) is 58.8 Å². The molecule has 0 saturated carbocycles. The second-order valence-electron chi connectivity index (χ2n) is 26.4. The Kier molecular flexibility index (Phi) is 17.9. The second kappa shape index (κ2) is 23.0. The van der Waals surface area contributed by atoms with Gasteiger partial charge in [-0.1, -0.05) is 59.7 Å². The van der Waals surface area contributed by atoms with Gasteiger partial charge < -0.3 is 47.9 Å². The highest BCUT2D eigenvalue weighted by atomic mass is 28.4. The Hall–Kier alpha value is -5.19. The maximum Gasteiger partial charge on any atom is 0.408 e. The number of aromatic amines is 1. The maximum atomic E-state index is 14.1. The van der Waals surface area contributed by atoms with Crippen LogP contribution in [0.3, 0.4) is 0 Å². The first kappa shape index (κ1) is 61.4. The van der Waals surface area contributed by atoms with E-state index in [0.717, 1.165) is 0 Å². The highest BCUT2D eigenvalue weighted by Gasteiger charge is 2.57. The lowest BCUT2D eigenvalue weighted by molar-refractivity contribution is -0.198. The van der Waals surface area contributed by atoms with Crippen LogP contribution in [-0.4, -0.2) is 142 Å². The van der Waals surface area contributed by atoms with Gasteiger partial charge in [-0.05, 0) is 110 Å². The topological polar surface area (TPSA) is 251 Å². The number of nitrogens with zero attached hydrogens (tertiary/aromatic N) is 6. The first-order valence-corrected chi connectivity index (χ1v) is 33.0. The van der Waals surface area contributed by atoms with Crippen LogP contribution in [0.1, 0.15) is 138 Å². The van der Waals surface area contributed by atoms with Gasteiger partial charge in [0.2, 0.25) is 0 Å². The molecule has 7 rings (SSSR count). The van der Waals surface area contributed by atoms with E-state index in [9.17, 15) is 24.0 Å². The molecule has 79 heavy (non-hydrogen) atoms. The minimum atomic E-state index is -2.37. The van der Waals surface area contributed by atoms with E-state index in [1.807, 2.05) is 11.0 Å². The summed E-state index contributed by atoms with van der Waals surface area (Å²) in [6, 6.07) is 7.54. The van der Waals surface area contributed by atoms with Crippen LogP contribution in [0, 0.1) is 0 Å². The van der Waals surface area contributed by atoms with Crippen LogP contribution in [0.25, 0.3) is 11.2 Å². The predicted octanol–water partition coefficient (Wildman–Crippen LogP) is 8.17. The van der Waals surface area contributed by atoms with Crippen molar-refractivity contribution in [3.8, 4) is 0 Å². The molecule has 24 heteroatoms. The van der Waals surface area contributed by atoms with E-state index in [2.05, 4.69) is 98.3 Å². The van der Waals surface area contributed by atoms with E-state index in [-0.39, 0.29) is 60.0 Å². The standard InChI is InChI=1S/C55H85N9O13Si2/c1-51(2,3)75-48(67)35(59-50(69)76-52(4,5)6)24-25-62(27-34-28-63(49(68)61-46(34)66)39-26-36(77-79(17,18)54(10,11)12)38(71-39)30-70-78(15,16)53(7,8)9)29-37-41-42(74-55(13,14)73-41)47(72-37)64-32-58-40-43(56-31-57-44(40)64)60-45(65)33-22-20-19-21-23-33/h19-23,28,31-32,35-39,41-42,47H,24-27,29-30H2,1-18H3,(H,59,69)(H,61,66,68)(H,56,57,60,65)/t35-,36-,37+,38+,39+,41+,42+,47+/m0/s1. The Balaban J connectivity index is 1.23. The fourth-order valence-corrected chi connectivity index (χ4v) is 11.5. The van der Waals surface area contributed by atoms with Crippen LogP contribution in [0.4, 0.5) is 10.6 Å². The second-order valence-corrected chi connectivity index (χ2v) is 36.0. The van der Waals surface area contributed by atoms with Crippen molar-refractivity contribution in [2.24, 2.45) is 0 Å². The first-order valence-electron chi connectivity index (χ1n) is 27.2. The Bertz CT molecular complexity index is 2940. The van der Waals surface area contributed by atoms with Crippen LogP contribution in [0.5, 0.6) is 0 Å². The summed E-state index contributed by atoms with van der Waals surface area (Å²) in [5, 5.41) is 5.38. The van der Waals surface area contributed by atoms with Crippen LogP contribution in [0.2, 0.25) is 36.3 Å². The lowest BCUT2D eigenvalue weighted by Crippen LogP contribution is -2.48. The molecule has 22 nitrogen and oxygen atoms in total. The van der Waals surface area contributed by atoms with Gasteiger partial charge in [0.05, 0.1) is 19.0 Å². The van der Waals surface area contributed by atoms with Gasteiger partial charge in [-0.25, -0.2) is 29.3 Å². The number of fused-ring (bicyclic) bond motifs is 2. The number of aromatic nitrogens is 6. The van der Waals surface area contributed by atoms with Crippen molar-refractivity contribution < 1.29 is 51.7 Å². The van der Waals surface area contributed by atoms with Gasteiger partial charge in [0.25, 0.3) is 11.5 Å². The molecule has 3 aromatic heterocycles. The number of amides is 2. The summed E-state index contributed by atoms with van der Waals surface area (Å²) in [5.41, 5.74) is -1.74. The number of carbonyl (C=O) groups is 3. The van der Waals surface area contributed by atoms with Crippen molar-refractivity contribution in [2.75, 3.05) is 25.0 Å². The molecular formula is C55H85N9O13Si2. The zero-order valence-electron chi connectivity index (χ0n) is 49.5. The monoisotopic (exact) mass is 1140 g/mol. The number of ether oxygens (including phenoxy) is 6. The SMILES string of the molecule is CC(C)(C)OC(=O)N[C@@H](CCN(Cc1cn([C@H]2C[C@H](O[Si](C)(C)C(C)(C)C)[C@@H](CO[Si](C)(C)C(C)(C)C)O2)c(=O)[nH]c1=O)C[C@H]1O[C@@H](n2cnc3c(NC(=O)c4ccccc4)ncnc32)[C@@H]2OC(C)(C)O[C@@H]21)C(=O)OC(C)(C)C. The number of esters is 1. The third-order valence-corrected chi connectivity index (χ3v) is 24.2. The van der Waals surface area contributed by atoms with Gasteiger partial charge in [0.1, 0.15) is 54.2 Å². The molecule has 436 valence electrons. The Labute approximate surface area is 465 Å². The van der Waals surface area contributed by atoms with Gasteiger partial charge in [0, 0.05) is 43.4 Å². The lowest BCUT2D eigenvalue weighted by atomic mass is 10.1. The Morgan fingerprint density at radius 2 is 1.48 bits per heavy atom. The average molecular weight is 1140 g/mol. The van der Waals surface area contributed by atoms with Crippen LogP contribution < -0.4 is 21.9 Å². The van der Waals surface area contributed by atoms with E-state index < -0.39 is 106 Å². The maximum absolute atomic E-state index is 14.1. The summed E-state index contributed by atoms with van der Waals surface area (Å²) in [6.45, 7) is 36.1. The lowest BCUT2D eigenvalue weighted by Gasteiger charge is -2.40. The number of hydrogen-bond acceptors (Lipinski definition) is 17. The summed E-state index contributed by atoms with van der Waals surface area (Å²) >= 11 is 0. The summed E-state index contributed by atoms with van der Waals surface area (Å²) in [5.74, 6) is -1.93. The zero-order valence-corrected chi connectivity index (χ0v) is 51.5. The van der Waals surface area contributed by atoms with E-state index in [1.54, 1.807) is 90.5 Å². The number of hydrogen-bond donors (Lipinski definition) is 3. The smallest absolute Gasteiger partial charge is 0.408 e. The molecule has 0 aliphatic carbocycles. The Morgan fingerprint density at radius 1 is 0.835 bits per heavy atom. The highest BCUT2D eigenvalue weighted by molar-refractivity contribution is 6.74. The molecule has 4 aromatic rings. The Morgan fingerprint density at radius 3 is 2.11 bits per heavy atom. The van der Waals surface area contributed by atoms with Crippen LogP contribution in [-0.2, 0) is 48.6 Å². The fourth-order valence-electron chi connectivity index (χ4n) is 9.10. The number of carbonyl (C=O) groups excluding carboxylic acids is 3. The minimum absolute atomic E-state index is 0.00648. The molecular weight excluding hydrogens is 1050 g/mol. The average Bonchev–Trinajstić information content (AvgIpc) is 4.27. The molecule has 3 saturated heterocycles. The highest BCUT2D eigenvalue weighted by Crippen LogP contribution is 2.45. The van der Waals surface area contributed by atoms with E-state index in [4.69, 9.17) is 37.3 Å². The third-order valence-electron chi connectivity index (χ3n) is 15.2. The number of alkyl carbamates (subject to hydrolysis) is 1. The minimum Gasteiger partial charge on any atom is -0.458 e. The molecule has 0 bridgehead atoms. The molecule has 3 N–H and O–H groups in total. The first-order chi connectivity index (χ1) is 36.4. The van der Waals surface area contributed by atoms with Crippen molar-refractivity contribution in [3.05, 3.63) is 81.1 Å². The van der Waals surface area contributed by atoms with Crippen molar-refractivity contribution in [2.45, 2.75) is 219 Å². The third kappa shape index (κ3) is 15.0. The van der Waals surface area contributed by atoms with Crippen molar-refractivity contribution in [1.82, 2.24) is 39.3 Å². The number of imidazole rings is 1. The molecule has 8 atom stereocenters. The zero-order chi connectivity index (χ0) is 58.4. The molecule has 3 aliphatic heterocycles. The largest absolute Gasteiger partial charge is 0.458 e. The van der Waals surface area contributed by atoms with Crippen molar-refractivity contribution >= 4 is 51.6 Å². The number of anilines is 1. The van der Waals surface area contributed by atoms with Crippen LogP contribution >= 0.6 is 0 Å². The van der Waals surface area contributed by atoms with Gasteiger partial charge in [0.15, 0.2) is 45.6 Å². The summed E-state index contributed by atoms with van der Waals surface area (Å²) < 4.78 is 55.1. The molecule has 0 spiro atoms. The van der Waals surface area contributed by atoms with Gasteiger partial charge >= 0.3 is 17.8 Å². The van der Waals surface area contributed by atoms with E-state index in [0.29, 0.717) is 23.1 Å². The molecule has 1 aromatic carbocycles. The quantitative estimate of drug-likeness (QED) is 0.0627. The molecule has 3 fully saturated rings. The number of nitrogens with one attached hydrogen (secondary N) is 3. The molecule has 3 aliphatic rings. The van der Waals surface area contributed by atoms with E-state index >= 15 is 0 Å².